The van der Waals surface area contributed by atoms with Crippen molar-refractivity contribution in [3.63, 3.8) is 0 Å². The van der Waals surface area contributed by atoms with Crippen LogP contribution in [0, 0.1) is 5.92 Å². The molecule has 18 heavy (non-hydrogen) atoms. The molecule has 1 N–H and O–H groups in total. The van der Waals surface area contributed by atoms with Gasteiger partial charge in [-0.3, -0.25) is 4.90 Å². The Labute approximate surface area is 115 Å². The lowest BCUT2D eigenvalue weighted by molar-refractivity contribution is 0.119. The third-order valence-corrected chi connectivity index (χ3v) is 4.42. The molecule has 1 saturated heterocycles. The van der Waals surface area contributed by atoms with Crippen LogP contribution in [0.5, 0.6) is 0 Å². The summed E-state index contributed by atoms with van der Waals surface area (Å²) in [5.74, 6) is 0.819. The van der Waals surface area contributed by atoms with Gasteiger partial charge in [0.25, 0.3) is 0 Å². The summed E-state index contributed by atoms with van der Waals surface area (Å²) in [7, 11) is 0. The fraction of sp³-hybridized carbons (Fsp3) is 0.600. The van der Waals surface area contributed by atoms with Gasteiger partial charge in [0, 0.05) is 19.1 Å². The zero-order valence-electron chi connectivity index (χ0n) is 11.3. The van der Waals surface area contributed by atoms with Gasteiger partial charge < -0.3 is 5.32 Å². The number of likely N-dealkylation sites (tertiary alicyclic amines) is 1. The molecule has 0 spiro atoms. The topological polar surface area (TPSA) is 15.3 Å². The zero-order valence-corrected chi connectivity index (χ0v) is 12.1. The van der Waals surface area contributed by atoms with Crippen LogP contribution in [0.3, 0.4) is 0 Å². The molecule has 3 heteroatoms. The number of rotatable bonds is 4. The molecular formula is C15H23ClN2. The molecule has 1 fully saturated rings. The second-order valence-corrected chi connectivity index (χ2v) is 5.71. The van der Waals surface area contributed by atoms with Gasteiger partial charge in [-0.25, -0.2) is 0 Å². The normalized spacial score (nSPS) is 25.1. The van der Waals surface area contributed by atoms with Gasteiger partial charge in [-0.05, 0) is 44.4 Å². The minimum atomic E-state index is 0.701. The van der Waals surface area contributed by atoms with E-state index in [1.165, 1.54) is 19.4 Å². The number of anilines is 1. The van der Waals surface area contributed by atoms with E-state index < -0.39 is 0 Å². The molecule has 1 aromatic carbocycles. The molecule has 100 valence electrons. The Balaban J connectivity index is 1.80. The van der Waals surface area contributed by atoms with Crippen LogP contribution < -0.4 is 5.32 Å². The highest BCUT2D eigenvalue weighted by atomic mass is 35.5. The number of halogens is 1. The monoisotopic (exact) mass is 266 g/mol. The molecule has 2 rings (SSSR count). The Kier molecular flexibility index (Phi) is 4.90. The summed E-state index contributed by atoms with van der Waals surface area (Å²) in [6.45, 7) is 7.99. The lowest BCUT2D eigenvalue weighted by atomic mass is 9.92. The third kappa shape index (κ3) is 3.39. The lowest BCUT2D eigenvalue weighted by Crippen LogP contribution is -2.44. The molecule has 0 aromatic heterocycles. The van der Waals surface area contributed by atoms with E-state index in [4.69, 9.17) is 11.6 Å². The van der Waals surface area contributed by atoms with Gasteiger partial charge in [0.15, 0.2) is 0 Å². The summed E-state index contributed by atoms with van der Waals surface area (Å²) in [5.41, 5.74) is 1.04. The molecular weight excluding hydrogens is 244 g/mol. The molecule has 2 unspecified atom stereocenters. The van der Waals surface area contributed by atoms with E-state index >= 15 is 0 Å². The summed E-state index contributed by atoms with van der Waals surface area (Å²) < 4.78 is 0. The molecule has 0 bridgehead atoms. The molecule has 1 aliphatic heterocycles. The van der Waals surface area contributed by atoms with E-state index in [0.29, 0.717) is 6.04 Å². The molecule has 2 nitrogen and oxygen atoms in total. The van der Waals surface area contributed by atoms with E-state index in [-0.39, 0.29) is 0 Å². The highest BCUT2D eigenvalue weighted by molar-refractivity contribution is 6.33. The molecule has 1 aliphatic rings. The van der Waals surface area contributed by atoms with E-state index in [0.717, 1.165) is 29.7 Å². The van der Waals surface area contributed by atoms with Crippen LogP contribution in [0.25, 0.3) is 0 Å². The molecule has 1 aromatic rings. The van der Waals surface area contributed by atoms with Crippen LogP contribution in [0.4, 0.5) is 5.69 Å². The largest absolute Gasteiger partial charge is 0.383 e. The van der Waals surface area contributed by atoms with Crippen LogP contribution in [-0.2, 0) is 0 Å². The zero-order chi connectivity index (χ0) is 13.0. The van der Waals surface area contributed by atoms with Gasteiger partial charge in [-0.1, -0.05) is 30.7 Å². The number of para-hydroxylation sites is 1. The van der Waals surface area contributed by atoms with Crippen LogP contribution in [0.2, 0.25) is 5.02 Å². The average molecular weight is 267 g/mol. The second kappa shape index (κ2) is 6.44. The smallest absolute Gasteiger partial charge is 0.0637 e. The lowest BCUT2D eigenvalue weighted by Gasteiger charge is -2.38. The third-order valence-electron chi connectivity index (χ3n) is 4.09. The Bertz CT molecular complexity index is 381. The molecule has 0 saturated carbocycles. The van der Waals surface area contributed by atoms with E-state index in [2.05, 4.69) is 24.1 Å². The minimum Gasteiger partial charge on any atom is -0.383 e. The first-order valence-corrected chi connectivity index (χ1v) is 7.28. The SMILES string of the molecule is CC1CCCN(CCNc2ccccc2Cl)C1C. The first-order valence-electron chi connectivity index (χ1n) is 6.91. The number of benzene rings is 1. The summed E-state index contributed by atoms with van der Waals surface area (Å²) in [4.78, 5) is 2.58. The predicted octanol–water partition coefficient (Wildman–Crippen LogP) is 3.87. The van der Waals surface area contributed by atoms with Crippen molar-refractivity contribution in [2.75, 3.05) is 25.0 Å². The van der Waals surface area contributed by atoms with Gasteiger partial charge in [-0.2, -0.15) is 0 Å². The van der Waals surface area contributed by atoms with Crippen molar-refractivity contribution in [1.82, 2.24) is 4.90 Å². The fourth-order valence-corrected chi connectivity index (χ4v) is 2.88. The summed E-state index contributed by atoms with van der Waals surface area (Å²) in [5, 5.41) is 4.23. The minimum absolute atomic E-state index is 0.701. The van der Waals surface area contributed by atoms with Crippen LogP contribution in [0.15, 0.2) is 24.3 Å². The highest BCUT2D eigenvalue weighted by Crippen LogP contribution is 2.23. The Morgan fingerprint density at radius 2 is 2.11 bits per heavy atom. The Morgan fingerprint density at radius 1 is 1.33 bits per heavy atom. The quantitative estimate of drug-likeness (QED) is 0.890. The molecule has 1 heterocycles. The van der Waals surface area contributed by atoms with E-state index in [9.17, 15) is 0 Å². The van der Waals surface area contributed by atoms with Crippen molar-refractivity contribution in [3.8, 4) is 0 Å². The van der Waals surface area contributed by atoms with Crippen LogP contribution in [0.1, 0.15) is 26.7 Å². The maximum absolute atomic E-state index is 6.12. The maximum atomic E-state index is 6.12. The molecule has 0 amide bonds. The molecule has 0 aliphatic carbocycles. The van der Waals surface area contributed by atoms with Crippen molar-refractivity contribution < 1.29 is 0 Å². The number of hydrogen-bond donors (Lipinski definition) is 1. The van der Waals surface area contributed by atoms with Gasteiger partial charge in [0.2, 0.25) is 0 Å². The van der Waals surface area contributed by atoms with Crippen LogP contribution >= 0.6 is 11.6 Å². The van der Waals surface area contributed by atoms with Gasteiger partial charge in [-0.15, -0.1) is 0 Å². The van der Waals surface area contributed by atoms with E-state index in [1.807, 2.05) is 24.3 Å². The van der Waals surface area contributed by atoms with Crippen LogP contribution in [-0.4, -0.2) is 30.6 Å². The first kappa shape index (κ1) is 13.7. The van der Waals surface area contributed by atoms with Crippen molar-refractivity contribution in [3.05, 3.63) is 29.3 Å². The standard InChI is InChI=1S/C15H23ClN2/c1-12-6-5-10-18(13(12)2)11-9-17-15-8-4-3-7-14(15)16/h3-4,7-8,12-13,17H,5-6,9-11H2,1-2H3. The van der Waals surface area contributed by atoms with Gasteiger partial charge in [0.1, 0.15) is 0 Å². The number of hydrogen-bond acceptors (Lipinski definition) is 2. The average Bonchev–Trinajstić information content (AvgIpc) is 2.37. The fourth-order valence-electron chi connectivity index (χ4n) is 2.68. The summed E-state index contributed by atoms with van der Waals surface area (Å²) in [6, 6.07) is 8.63. The summed E-state index contributed by atoms with van der Waals surface area (Å²) in [6.07, 6.45) is 2.70. The maximum Gasteiger partial charge on any atom is 0.0637 e. The van der Waals surface area contributed by atoms with Gasteiger partial charge in [0.05, 0.1) is 10.7 Å². The van der Waals surface area contributed by atoms with Crippen molar-refractivity contribution in [2.45, 2.75) is 32.7 Å². The van der Waals surface area contributed by atoms with Crippen molar-refractivity contribution in [1.29, 1.82) is 0 Å². The Hall–Kier alpha value is -0.730. The van der Waals surface area contributed by atoms with Crippen molar-refractivity contribution in [2.24, 2.45) is 5.92 Å². The van der Waals surface area contributed by atoms with Crippen molar-refractivity contribution >= 4 is 17.3 Å². The summed E-state index contributed by atoms with van der Waals surface area (Å²) >= 11 is 6.12. The van der Waals surface area contributed by atoms with Gasteiger partial charge >= 0.3 is 0 Å². The second-order valence-electron chi connectivity index (χ2n) is 5.30. The predicted molar refractivity (Wildman–Crippen MR) is 79.4 cm³/mol. The number of piperidine rings is 1. The molecule has 0 radical (unpaired) electrons. The number of nitrogens with zero attached hydrogens (tertiary/aromatic N) is 1. The highest BCUT2D eigenvalue weighted by Gasteiger charge is 2.23. The number of nitrogens with one attached hydrogen (secondary N) is 1. The molecule has 2 atom stereocenters. The Morgan fingerprint density at radius 3 is 2.89 bits per heavy atom. The van der Waals surface area contributed by atoms with E-state index in [1.54, 1.807) is 0 Å². The first-order chi connectivity index (χ1) is 8.68.